The van der Waals surface area contributed by atoms with Crippen molar-refractivity contribution < 1.29 is 9.90 Å². The van der Waals surface area contributed by atoms with Gasteiger partial charge in [-0.25, -0.2) is 14.5 Å². The predicted molar refractivity (Wildman–Crippen MR) is 77.5 cm³/mol. The highest BCUT2D eigenvalue weighted by Gasteiger charge is 2.23. The number of carbonyl (C=O) groups is 1. The molecule has 0 spiro atoms. The van der Waals surface area contributed by atoms with Gasteiger partial charge in [0.1, 0.15) is 5.56 Å². The predicted octanol–water partition coefficient (Wildman–Crippen LogP) is 2.83. The number of halogens is 1. The number of aromatic carboxylic acids is 1. The summed E-state index contributed by atoms with van der Waals surface area (Å²) in [6.45, 7) is 3.77. The molecule has 0 aliphatic heterocycles. The van der Waals surface area contributed by atoms with Crippen LogP contribution in [-0.4, -0.2) is 25.8 Å². The van der Waals surface area contributed by atoms with Crippen LogP contribution in [0.1, 0.15) is 39.4 Å². The minimum Gasteiger partial charge on any atom is -0.478 e. The molecule has 104 valence electrons. The number of hydrogen-bond donors (Lipinski definition) is 1. The van der Waals surface area contributed by atoms with E-state index in [1.165, 1.54) is 0 Å². The molecule has 6 heteroatoms. The van der Waals surface area contributed by atoms with Crippen molar-refractivity contribution in [3.05, 3.63) is 38.7 Å². The quantitative estimate of drug-likeness (QED) is 0.916. The smallest absolute Gasteiger partial charge is 0.339 e. The van der Waals surface area contributed by atoms with Crippen molar-refractivity contribution in [2.75, 3.05) is 0 Å². The van der Waals surface area contributed by atoms with Gasteiger partial charge in [-0.1, -0.05) is 0 Å². The highest BCUT2D eigenvalue weighted by atomic mass is 79.9. The Balaban J connectivity index is 2.27. The van der Waals surface area contributed by atoms with E-state index < -0.39 is 5.97 Å². The normalized spacial score (nSPS) is 13.6. The fraction of sp³-hybridized carbons (Fsp3) is 0.357. The molecule has 0 saturated carbocycles. The molecule has 0 aromatic carbocycles. The number of hydrogen-bond acceptors (Lipinski definition) is 3. The lowest BCUT2D eigenvalue weighted by Crippen LogP contribution is -2.12. The van der Waals surface area contributed by atoms with Crippen molar-refractivity contribution in [3.63, 3.8) is 0 Å². The first-order chi connectivity index (χ1) is 9.49. The van der Waals surface area contributed by atoms with Crippen molar-refractivity contribution in [3.8, 4) is 5.82 Å². The molecule has 20 heavy (non-hydrogen) atoms. The standard InChI is InChI=1S/C14H14BrN3O2/c1-7-12(15)8(2)18(17-7)13-10(14(19)20)6-9-4-3-5-11(9)16-13/h6H,3-5H2,1-2H3,(H,19,20). The summed E-state index contributed by atoms with van der Waals surface area (Å²) >= 11 is 3.46. The molecule has 0 atom stereocenters. The second-order valence-corrected chi connectivity index (χ2v) is 5.81. The molecule has 0 saturated heterocycles. The minimum absolute atomic E-state index is 0.212. The second kappa shape index (κ2) is 4.70. The number of aryl methyl sites for hydroxylation is 3. The first-order valence-electron chi connectivity index (χ1n) is 6.47. The second-order valence-electron chi connectivity index (χ2n) is 5.02. The molecule has 1 aliphatic carbocycles. The molecule has 2 aromatic rings. The lowest BCUT2D eigenvalue weighted by atomic mass is 10.1. The van der Waals surface area contributed by atoms with Crippen LogP contribution in [0.25, 0.3) is 5.82 Å². The molecule has 0 radical (unpaired) electrons. The van der Waals surface area contributed by atoms with Gasteiger partial charge in [-0.05, 0) is 60.7 Å². The Morgan fingerprint density at radius 3 is 2.75 bits per heavy atom. The summed E-state index contributed by atoms with van der Waals surface area (Å²) in [5, 5.41) is 13.8. The van der Waals surface area contributed by atoms with Gasteiger partial charge in [0.05, 0.1) is 15.9 Å². The maximum absolute atomic E-state index is 11.5. The third-order valence-electron chi connectivity index (χ3n) is 3.66. The molecule has 0 unspecified atom stereocenters. The van der Waals surface area contributed by atoms with E-state index in [0.29, 0.717) is 5.82 Å². The van der Waals surface area contributed by atoms with Gasteiger partial charge in [0.2, 0.25) is 0 Å². The SMILES string of the molecule is Cc1nn(-c2nc3c(cc2C(=O)O)CCC3)c(C)c1Br. The number of carboxylic acids is 1. The van der Waals surface area contributed by atoms with Gasteiger partial charge in [0.25, 0.3) is 0 Å². The van der Waals surface area contributed by atoms with Gasteiger partial charge in [-0.2, -0.15) is 5.10 Å². The van der Waals surface area contributed by atoms with E-state index in [0.717, 1.165) is 46.4 Å². The highest BCUT2D eigenvalue weighted by Crippen LogP contribution is 2.28. The van der Waals surface area contributed by atoms with Crippen LogP contribution in [0.3, 0.4) is 0 Å². The van der Waals surface area contributed by atoms with Gasteiger partial charge < -0.3 is 5.11 Å². The van der Waals surface area contributed by atoms with Gasteiger partial charge in [0, 0.05) is 5.69 Å². The largest absolute Gasteiger partial charge is 0.478 e. The summed E-state index contributed by atoms with van der Waals surface area (Å²) < 4.78 is 2.50. The molecule has 1 aliphatic rings. The summed E-state index contributed by atoms with van der Waals surface area (Å²) in [4.78, 5) is 16.1. The van der Waals surface area contributed by atoms with Crippen LogP contribution in [0.5, 0.6) is 0 Å². The topological polar surface area (TPSA) is 68.0 Å². The Labute approximate surface area is 124 Å². The fourth-order valence-corrected chi connectivity index (χ4v) is 2.86. The number of pyridine rings is 1. The van der Waals surface area contributed by atoms with E-state index in [-0.39, 0.29) is 5.56 Å². The Hall–Kier alpha value is -1.69. The summed E-state index contributed by atoms with van der Waals surface area (Å²) in [5.41, 5.74) is 3.93. The van der Waals surface area contributed by atoms with Crippen LogP contribution in [0.4, 0.5) is 0 Å². The number of rotatable bonds is 2. The summed E-state index contributed by atoms with van der Waals surface area (Å²) in [6, 6.07) is 1.75. The van der Waals surface area contributed by atoms with E-state index in [4.69, 9.17) is 0 Å². The lowest BCUT2D eigenvalue weighted by molar-refractivity contribution is 0.0696. The van der Waals surface area contributed by atoms with Crippen LogP contribution in [0.15, 0.2) is 10.5 Å². The number of fused-ring (bicyclic) bond motifs is 1. The first-order valence-corrected chi connectivity index (χ1v) is 7.26. The van der Waals surface area contributed by atoms with Gasteiger partial charge in [0.15, 0.2) is 5.82 Å². The van der Waals surface area contributed by atoms with Gasteiger partial charge >= 0.3 is 5.97 Å². The van der Waals surface area contributed by atoms with Crippen molar-refractivity contribution in [1.29, 1.82) is 0 Å². The summed E-state index contributed by atoms with van der Waals surface area (Å²) in [6.07, 6.45) is 2.85. The number of aromatic nitrogens is 3. The molecule has 0 bridgehead atoms. The van der Waals surface area contributed by atoms with Crippen molar-refractivity contribution in [1.82, 2.24) is 14.8 Å². The van der Waals surface area contributed by atoms with E-state index in [9.17, 15) is 9.90 Å². The fourth-order valence-electron chi connectivity index (χ4n) is 2.61. The van der Waals surface area contributed by atoms with Crippen LogP contribution in [0.2, 0.25) is 0 Å². The Morgan fingerprint density at radius 1 is 1.40 bits per heavy atom. The van der Waals surface area contributed by atoms with E-state index >= 15 is 0 Å². The van der Waals surface area contributed by atoms with Crippen molar-refractivity contribution in [2.24, 2.45) is 0 Å². The summed E-state index contributed by atoms with van der Waals surface area (Å²) in [5.74, 6) is -0.560. The molecule has 3 rings (SSSR count). The van der Waals surface area contributed by atoms with E-state index in [1.807, 2.05) is 13.8 Å². The molecule has 1 N–H and O–H groups in total. The summed E-state index contributed by atoms with van der Waals surface area (Å²) in [7, 11) is 0. The maximum atomic E-state index is 11.5. The molecule has 2 heterocycles. The maximum Gasteiger partial charge on any atom is 0.339 e. The Bertz CT molecular complexity index is 722. The number of nitrogens with zero attached hydrogens (tertiary/aromatic N) is 3. The van der Waals surface area contributed by atoms with Gasteiger partial charge in [-0.3, -0.25) is 0 Å². The van der Waals surface area contributed by atoms with Crippen LogP contribution < -0.4 is 0 Å². The van der Waals surface area contributed by atoms with Gasteiger partial charge in [-0.15, -0.1) is 0 Å². The molecular weight excluding hydrogens is 322 g/mol. The van der Waals surface area contributed by atoms with Crippen LogP contribution in [-0.2, 0) is 12.8 Å². The van der Waals surface area contributed by atoms with Crippen LogP contribution in [0, 0.1) is 13.8 Å². The Morgan fingerprint density at radius 2 is 2.15 bits per heavy atom. The van der Waals surface area contributed by atoms with Crippen molar-refractivity contribution in [2.45, 2.75) is 33.1 Å². The van der Waals surface area contributed by atoms with Crippen LogP contribution >= 0.6 is 15.9 Å². The van der Waals surface area contributed by atoms with E-state index in [2.05, 4.69) is 26.0 Å². The molecule has 2 aromatic heterocycles. The average Bonchev–Trinajstić information content (AvgIpc) is 2.97. The molecular formula is C14H14BrN3O2. The third-order valence-corrected chi connectivity index (χ3v) is 4.81. The lowest BCUT2D eigenvalue weighted by Gasteiger charge is -2.10. The zero-order chi connectivity index (χ0) is 14.4. The zero-order valence-electron chi connectivity index (χ0n) is 11.3. The molecule has 0 fully saturated rings. The Kier molecular flexibility index (Phi) is 3.12. The average molecular weight is 336 g/mol. The molecule has 0 amide bonds. The monoisotopic (exact) mass is 335 g/mol. The molecule has 5 nitrogen and oxygen atoms in total. The highest BCUT2D eigenvalue weighted by molar-refractivity contribution is 9.10. The third kappa shape index (κ3) is 1.95. The number of carboxylic acid groups (broad SMARTS) is 1. The van der Waals surface area contributed by atoms with E-state index in [1.54, 1.807) is 10.7 Å². The first kappa shape index (κ1) is 13.3. The zero-order valence-corrected chi connectivity index (χ0v) is 12.9. The minimum atomic E-state index is -0.967. The van der Waals surface area contributed by atoms with Crippen molar-refractivity contribution >= 4 is 21.9 Å².